The first-order valence-electron chi connectivity index (χ1n) is 6.38. The number of aromatic nitrogens is 5. The Bertz CT molecular complexity index is 876. The van der Waals surface area contributed by atoms with Gasteiger partial charge in [-0.2, -0.15) is 0 Å². The minimum Gasteiger partial charge on any atom is -0.303 e. The molecule has 2 aromatic heterocycles. The molecule has 0 aliphatic rings. The molecule has 0 fully saturated rings. The molecule has 0 radical (unpaired) electrons. The highest BCUT2D eigenvalue weighted by molar-refractivity contribution is 5.54. The van der Waals surface area contributed by atoms with Crippen molar-refractivity contribution < 1.29 is 0 Å². The van der Waals surface area contributed by atoms with Gasteiger partial charge in [0, 0.05) is 13.2 Å². The fraction of sp³-hybridized carbons (Fsp3) is 0.143. The Kier molecular flexibility index (Phi) is 3.23. The predicted octanol–water partition coefficient (Wildman–Crippen LogP) is 0.380. The van der Waals surface area contributed by atoms with Crippen molar-refractivity contribution in [1.82, 2.24) is 24.5 Å². The van der Waals surface area contributed by atoms with E-state index in [9.17, 15) is 9.59 Å². The van der Waals surface area contributed by atoms with Gasteiger partial charge in [-0.05, 0) is 5.56 Å². The Balaban J connectivity index is 1.94. The molecule has 0 saturated heterocycles. The van der Waals surface area contributed by atoms with Crippen LogP contribution in [0.4, 0.5) is 0 Å². The molecular weight excluding hydrogens is 270 g/mol. The van der Waals surface area contributed by atoms with E-state index in [1.807, 2.05) is 30.3 Å². The molecule has 0 atom stereocenters. The van der Waals surface area contributed by atoms with Gasteiger partial charge < -0.3 is 4.57 Å². The van der Waals surface area contributed by atoms with Crippen LogP contribution in [0.2, 0.25) is 0 Å². The molecule has 0 unspecified atom stereocenters. The maximum absolute atomic E-state index is 11.8. The summed E-state index contributed by atoms with van der Waals surface area (Å²) in [5.74, 6) is 0. The van der Waals surface area contributed by atoms with Crippen LogP contribution in [0.15, 0.2) is 52.3 Å². The molecule has 0 spiro atoms. The molecule has 0 amide bonds. The van der Waals surface area contributed by atoms with E-state index in [1.54, 1.807) is 17.9 Å². The Morgan fingerprint density at radius 1 is 1.14 bits per heavy atom. The van der Waals surface area contributed by atoms with Crippen molar-refractivity contribution in [2.75, 3.05) is 0 Å². The van der Waals surface area contributed by atoms with Crippen molar-refractivity contribution in [2.24, 2.45) is 7.05 Å². The molecule has 0 saturated carbocycles. The van der Waals surface area contributed by atoms with Crippen LogP contribution in [0.1, 0.15) is 5.56 Å². The van der Waals surface area contributed by atoms with Gasteiger partial charge in [0.05, 0.1) is 18.3 Å². The molecule has 0 aliphatic heterocycles. The lowest BCUT2D eigenvalue weighted by molar-refractivity contribution is 0.650. The zero-order valence-corrected chi connectivity index (χ0v) is 11.4. The van der Waals surface area contributed by atoms with Crippen molar-refractivity contribution in [3.63, 3.8) is 0 Å². The molecular formula is C14H13N5O2. The van der Waals surface area contributed by atoms with Gasteiger partial charge in [0.25, 0.3) is 5.56 Å². The average molecular weight is 283 g/mol. The summed E-state index contributed by atoms with van der Waals surface area (Å²) >= 11 is 0. The Hall–Kier alpha value is -2.96. The second kappa shape index (κ2) is 5.20. The minimum atomic E-state index is -0.468. The molecule has 21 heavy (non-hydrogen) atoms. The summed E-state index contributed by atoms with van der Waals surface area (Å²) in [5.41, 5.74) is 0.910. The van der Waals surface area contributed by atoms with Gasteiger partial charge in [-0.3, -0.25) is 9.78 Å². The topological polar surface area (TPSA) is 85.6 Å². The number of aryl methyl sites for hydroxylation is 1. The van der Waals surface area contributed by atoms with Crippen molar-refractivity contribution in [3.8, 4) is 11.3 Å². The van der Waals surface area contributed by atoms with Crippen LogP contribution >= 0.6 is 0 Å². The zero-order valence-electron chi connectivity index (χ0n) is 11.4. The number of nitrogens with one attached hydrogen (secondary N) is 1. The average Bonchev–Trinajstić information content (AvgIpc) is 2.92. The van der Waals surface area contributed by atoms with E-state index in [0.29, 0.717) is 17.8 Å². The number of H-pyrrole nitrogens is 1. The number of rotatable bonds is 3. The summed E-state index contributed by atoms with van der Waals surface area (Å²) in [5, 5.41) is 8.00. The maximum Gasteiger partial charge on any atom is 0.328 e. The summed E-state index contributed by atoms with van der Waals surface area (Å²) < 4.78 is 2.95. The second-order valence-corrected chi connectivity index (χ2v) is 4.70. The number of aromatic amines is 1. The Morgan fingerprint density at radius 2 is 1.90 bits per heavy atom. The summed E-state index contributed by atoms with van der Waals surface area (Å²) in [6.45, 7) is 0.567. The highest BCUT2D eigenvalue weighted by Crippen LogP contribution is 2.10. The molecule has 2 heterocycles. The van der Waals surface area contributed by atoms with Gasteiger partial charge in [0.15, 0.2) is 0 Å². The molecule has 7 nitrogen and oxygen atoms in total. The monoisotopic (exact) mass is 283 g/mol. The SMILES string of the molecule is Cn1cc(-c2cn(Cc3ccccc3)nn2)c(=O)[nH]c1=O. The van der Waals surface area contributed by atoms with E-state index in [2.05, 4.69) is 15.3 Å². The fourth-order valence-electron chi connectivity index (χ4n) is 2.02. The number of nitrogens with zero attached hydrogens (tertiary/aromatic N) is 4. The predicted molar refractivity (Wildman–Crippen MR) is 76.9 cm³/mol. The number of benzene rings is 1. The molecule has 1 aromatic carbocycles. The minimum absolute atomic E-state index is 0.316. The van der Waals surface area contributed by atoms with E-state index in [1.165, 1.54) is 10.8 Å². The smallest absolute Gasteiger partial charge is 0.303 e. The standard InChI is InChI=1S/C14H13N5O2/c1-18-8-11(13(20)15-14(18)21)12-9-19(17-16-12)7-10-5-3-2-4-6-10/h2-6,8-9H,7H2,1H3,(H,15,20,21). The van der Waals surface area contributed by atoms with Gasteiger partial charge >= 0.3 is 5.69 Å². The molecule has 3 aromatic rings. The van der Waals surface area contributed by atoms with Crippen LogP contribution in [-0.2, 0) is 13.6 Å². The summed E-state index contributed by atoms with van der Waals surface area (Å²) in [6.07, 6.45) is 3.14. The van der Waals surface area contributed by atoms with Crippen molar-refractivity contribution in [2.45, 2.75) is 6.54 Å². The summed E-state index contributed by atoms with van der Waals surface area (Å²) in [4.78, 5) is 25.4. The van der Waals surface area contributed by atoms with E-state index >= 15 is 0 Å². The Labute approximate surface area is 119 Å². The van der Waals surface area contributed by atoms with E-state index in [-0.39, 0.29) is 0 Å². The highest BCUT2D eigenvalue weighted by Gasteiger charge is 2.10. The first-order chi connectivity index (χ1) is 10.1. The van der Waals surface area contributed by atoms with Crippen LogP contribution in [0.3, 0.4) is 0 Å². The van der Waals surface area contributed by atoms with Gasteiger partial charge in [-0.15, -0.1) is 5.10 Å². The number of hydrogen-bond acceptors (Lipinski definition) is 4. The summed E-state index contributed by atoms with van der Waals surface area (Å²) in [6, 6.07) is 9.82. The molecule has 7 heteroatoms. The third-order valence-electron chi connectivity index (χ3n) is 3.11. The Morgan fingerprint density at radius 3 is 2.67 bits per heavy atom. The lowest BCUT2D eigenvalue weighted by atomic mass is 10.2. The maximum atomic E-state index is 11.8. The third kappa shape index (κ3) is 2.66. The first kappa shape index (κ1) is 13.0. The zero-order chi connectivity index (χ0) is 14.8. The highest BCUT2D eigenvalue weighted by atomic mass is 16.2. The molecule has 1 N–H and O–H groups in total. The van der Waals surface area contributed by atoms with Crippen LogP contribution in [-0.4, -0.2) is 24.5 Å². The second-order valence-electron chi connectivity index (χ2n) is 4.70. The van der Waals surface area contributed by atoms with E-state index < -0.39 is 11.2 Å². The van der Waals surface area contributed by atoms with Crippen molar-refractivity contribution >= 4 is 0 Å². The largest absolute Gasteiger partial charge is 0.328 e. The van der Waals surface area contributed by atoms with Crippen LogP contribution < -0.4 is 11.2 Å². The summed E-state index contributed by atoms with van der Waals surface area (Å²) in [7, 11) is 1.57. The molecule has 3 rings (SSSR count). The van der Waals surface area contributed by atoms with Crippen LogP contribution in [0.5, 0.6) is 0 Å². The quantitative estimate of drug-likeness (QED) is 0.753. The van der Waals surface area contributed by atoms with Crippen molar-refractivity contribution in [3.05, 3.63) is 69.1 Å². The van der Waals surface area contributed by atoms with Gasteiger partial charge in [-0.1, -0.05) is 35.5 Å². The van der Waals surface area contributed by atoms with Crippen molar-refractivity contribution in [1.29, 1.82) is 0 Å². The normalized spacial score (nSPS) is 10.7. The third-order valence-corrected chi connectivity index (χ3v) is 3.11. The first-order valence-corrected chi connectivity index (χ1v) is 6.38. The number of hydrogen-bond donors (Lipinski definition) is 1. The van der Waals surface area contributed by atoms with E-state index in [0.717, 1.165) is 5.56 Å². The fourth-order valence-corrected chi connectivity index (χ4v) is 2.02. The van der Waals surface area contributed by atoms with Gasteiger partial charge in [-0.25, -0.2) is 9.48 Å². The van der Waals surface area contributed by atoms with Crippen LogP contribution in [0, 0.1) is 0 Å². The van der Waals surface area contributed by atoms with Crippen LogP contribution in [0.25, 0.3) is 11.3 Å². The molecule has 106 valence electrons. The van der Waals surface area contributed by atoms with E-state index in [4.69, 9.17) is 0 Å². The van der Waals surface area contributed by atoms with Gasteiger partial charge in [0.2, 0.25) is 0 Å². The molecule has 0 bridgehead atoms. The lowest BCUT2D eigenvalue weighted by Gasteiger charge is -2.00. The lowest BCUT2D eigenvalue weighted by Crippen LogP contribution is -2.28. The van der Waals surface area contributed by atoms with Gasteiger partial charge in [0.1, 0.15) is 5.69 Å². The molecule has 0 aliphatic carbocycles.